The standard InChI is InChI=1S/C27H32FN3O6S.C8H17NO5S/c1-27(2,3)37-26(33)30-12-13-31(38(5,34)35)21-15-22-20(14-19(21)16-6-7-16)23(25(32)29-4)24(36-22)17-8-10-18(28)11-9-17;1-8(2,3)14-7(10)9-5-6-13-15(4,11)12/h8-11,14-16H,6-7,12-13H2,1-5H3,(H,29,32)(H,30,33);5-6H2,1-4H3,(H,9,10). The van der Waals surface area contributed by atoms with Crippen LogP contribution in [-0.2, 0) is 33.8 Å². The first kappa shape index (κ1) is 43.0. The lowest BCUT2D eigenvalue weighted by molar-refractivity contribution is 0.0513. The number of rotatable bonds is 12. The summed E-state index contributed by atoms with van der Waals surface area (Å²) in [6, 6.07) is 9.03. The van der Waals surface area contributed by atoms with E-state index in [1.165, 1.54) is 35.6 Å². The number of amides is 3. The van der Waals surface area contributed by atoms with Crippen LogP contribution in [0.1, 0.15) is 76.2 Å². The minimum Gasteiger partial charge on any atom is -0.455 e. The van der Waals surface area contributed by atoms with Crippen LogP contribution in [0.15, 0.2) is 40.8 Å². The van der Waals surface area contributed by atoms with Crippen molar-refractivity contribution in [2.24, 2.45) is 0 Å². The van der Waals surface area contributed by atoms with Crippen LogP contribution >= 0.6 is 0 Å². The minimum atomic E-state index is -3.75. The summed E-state index contributed by atoms with van der Waals surface area (Å²) in [5.74, 6) is -0.414. The molecular weight excluding hydrogens is 736 g/mol. The Balaban J connectivity index is 0.000000426. The monoisotopic (exact) mass is 784 g/mol. The van der Waals surface area contributed by atoms with E-state index in [-0.39, 0.29) is 43.8 Å². The van der Waals surface area contributed by atoms with Crippen LogP contribution in [0.3, 0.4) is 0 Å². The lowest BCUT2D eigenvalue weighted by Crippen LogP contribution is -2.40. The van der Waals surface area contributed by atoms with Gasteiger partial charge < -0.3 is 29.8 Å². The quantitative estimate of drug-likeness (QED) is 0.160. The average Bonchev–Trinajstić information content (AvgIpc) is 3.79. The van der Waals surface area contributed by atoms with E-state index in [1.807, 2.05) is 6.07 Å². The summed E-state index contributed by atoms with van der Waals surface area (Å²) in [7, 11) is -5.69. The van der Waals surface area contributed by atoms with Crippen LogP contribution in [0.5, 0.6) is 0 Å². The van der Waals surface area contributed by atoms with Crippen molar-refractivity contribution in [1.29, 1.82) is 0 Å². The normalized spacial score (nSPS) is 13.4. The molecule has 4 rings (SSSR count). The summed E-state index contributed by atoms with van der Waals surface area (Å²) < 4.78 is 82.4. The fourth-order valence-electron chi connectivity index (χ4n) is 4.94. The predicted molar refractivity (Wildman–Crippen MR) is 198 cm³/mol. The molecule has 18 heteroatoms. The van der Waals surface area contributed by atoms with Gasteiger partial charge in [0.1, 0.15) is 28.4 Å². The molecule has 0 saturated heterocycles. The topological polar surface area (TPSA) is 200 Å². The third-order valence-corrected chi connectivity index (χ3v) is 8.91. The van der Waals surface area contributed by atoms with Gasteiger partial charge in [0.2, 0.25) is 10.0 Å². The van der Waals surface area contributed by atoms with Crippen molar-refractivity contribution >= 4 is 54.9 Å². The molecule has 2 aromatic carbocycles. The van der Waals surface area contributed by atoms with Gasteiger partial charge in [-0.25, -0.2) is 22.4 Å². The lowest BCUT2D eigenvalue weighted by atomic mass is 10.0. The van der Waals surface area contributed by atoms with E-state index in [0.717, 1.165) is 30.9 Å². The van der Waals surface area contributed by atoms with E-state index < -0.39 is 49.3 Å². The number of alkyl carbamates (subject to hydrolysis) is 2. The van der Waals surface area contributed by atoms with Gasteiger partial charge in [0, 0.05) is 37.2 Å². The lowest BCUT2D eigenvalue weighted by Gasteiger charge is -2.26. The van der Waals surface area contributed by atoms with Gasteiger partial charge in [-0.15, -0.1) is 0 Å². The number of nitrogens with zero attached hydrogens (tertiary/aromatic N) is 1. The maximum Gasteiger partial charge on any atom is 0.407 e. The molecule has 1 saturated carbocycles. The Kier molecular flexibility index (Phi) is 13.9. The fraction of sp³-hybridized carbons (Fsp3) is 0.514. The number of ether oxygens (including phenoxy) is 2. The predicted octanol–water partition coefficient (Wildman–Crippen LogP) is 5.25. The highest BCUT2D eigenvalue weighted by Gasteiger charge is 2.33. The largest absolute Gasteiger partial charge is 0.455 e. The highest BCUT2D eigenvalue weighted by molar-refractivity contribution is 7.92. The first-order chi connectivity index (χ1) is 24.4. The Morgan fingerprint density at radius 3 is 1.91 bits per heavy atom. The number of anilines is 1. The summed E-state index contributed by atoms with van der Waals surface area (Å²) in [6.07, 6.45) is 2.56. The number of benzene rings is 2. The molecule has 1 heterocycles. The second kappa shape index (κ2) is 17.2. The van der Waals surface area contributed by atoms with Crippen LogP contribution in [0.2, 0.25) is 0 Å². The van der Waals surface area contributed by atoms with E-state index in [9.17, 15) is 35.6 Å². The van der Waals surface area contributed by atoms with E-state index in [4.69, 9.17) is 13.9 Å². The number of carbonyl (C=O) groups is 3. The molecule has 0 aliphatic heterocycles. The van der Waals surface area contributed by atoms with E-state index in [2.05, 4.69) is 20.1 Å². The summed E-state index contributed by atoms with van der Waals surface area (Å²) in [5.41, 5.74) is 1.07. The van der Waals surface area contributed by atoms with E-state index >= 15 is 0 Å². The van der Waals surface area contributed by atoms with Crippen LogP contribution < -0.4 is 20.3 Å². The molecule has 3 N–H and O–H groups in total. The van der Waals surface area contributed by atoms with Crippen molar-refractivity contribution in [2.75, 3.05) is 50.1 Å². The molecule has 1 fully saturated rings. The molecule has 15 nitrogen and oxygen atoms in total. The van der Waals surface area contributed by atoms with Gasteiger partial charge in [-0.05, 0) is 96.2 Å². The third kappa shape index (κ3) is 13.8. The molecule has 1 aliphatic carbocycles. The van der Waals surface area contributed by atoms with Crippen LogP contribution in [0.4, 0.5) is 19.7 Å². The number of hydrogen-bond donors (Lipinski definition) is 3. The molecule has 3 aromatic rings. The van der Waals surface area contributed by atoms with Crippen molar-refractivity contribution in [3.63, 3.8) is 0 Å². The number of carbonyl (C=O) groups excluding carboxylic acids is 3. The number of hydrogen-bond acceptors (Lipinski definition) is 11. The molecule has 1 aromatic heterocycles. The van der Waals surface area contributed by atoms with Gasteiger partial charge in [0.15, 0.2) is 0 Å². The molecule has 1 aliphatic rings. The van der Waals surface area contributed by atoms with Crippen LogP contribution in [0.25, 0.3) is 22.3 Å². The zero-order chi connectivity index (χ0) is 39.9. The van der Waals surface area contributed by atoms with Crippen molar-refractivity contribution in [3.8, 4) is 11.3 Å². The van der Waals surface area contributed by atoms with Gasteiger partial charge in [-0.3, -0.25) is 13.3 Å². The molecule has 294 valence electrons. The number of furan rings is 1. The van der Waals surface area contributed by atoms with Crippen LogP contribution in [-0.4, -0.2) is 91.9 Å². The highest BCUT2D eigenvalue weighted by Crippen LogP contribution is 2.48. The van der Waals surface area contributed by atoms with Crippen molar-refractivity contribution < 1.29 is 53.7 Å². The van der Waals surface area contributed by atoms with E-state index in [1.54, 1.807) is 47.6 Å². The summed E-state index contributed by atoms with van der Waals surface area (Å²) >= 11 is 0. The molecule has 0 atom stereocenters. The van der Waals surface area contributed by atoms with Gasteiger partial charge in [-0.2, -0.15) is 8.42 Å². The van der Waals surface area contributed by atoms with Crippen molar-refractivity contribution in [1.82, 2.24) is 16.0 Å². The molecular formula is C35H49FN4O11S2. The Labute approximate surface area is 310 Å². The maximum atomic E-state index is 13.6. The molecule has 53 heavy (non-hydrogen) atoms. The molecule has 0 radical (unpaired) electrons. The Hall–Kier alpha value is -4.42. The average molecular weight is 785 g/mol. The first-order valence-electron chi connectivity index (χ1n) is 16.7. The second-order valence-electron chi connectivity index (χ2n) is 14.3. The molecule has 0 spiro atoms. The van der Waals surface area contributed by atoms with Gasteiger partial charge in [0.25, 0.3) is 16.0 Å². The minimum absolute atomic E-state index is 0.0204. The van der Waals surface area contributed by atoms with Crippen molar-refractivity contribution in [3.05, 3.63) is 53.3 Å². The fourth-order valence-corrected chi connectivity index (χ4v) is 6.26. The first-order valence-corrected chi connectivity index (χ1v) is 20.4. The zero-order valence-corrected chi connectivity index (χ0v) is 33.0. The van der Waals surface area contributed by atoms with Gasteiger partial charge in [0.05, 0.1) is 36.9 Å². The van der Waals surface area contributed by atoms with Gasteiger partial charge in [-0.1, -0.05) is 0 Å². The molecule has 0 unspecified atom stereocenters. The number of sulfonamides is 1. The highest BCUT2D eigenvalue weighted by atomic mass is 32.2. The number of nitrogens with one attached hydrogen (secondary N) is 3. The summed E-state index contributed by atoms with van der Waals surface area (Å²) in [4.78, 5) is 36.1. The Bertz CT molecular complexity index is 2000. The van der Waals surface area contributed by atoms with Crippen molar-refractivity contribution in [2.45, 2.75) is 71.5 Å². The zero-order valence-electron chi connectivity index (χ0n) is 31.4. The maximum absolute atomic E-state index is 13.6. The second-order valence-corrected chi connectivity index (χ2v) is 17.8. The molecule has 3 amide bonds. The number of fused-ring (bicyclic) bond motifs is 1. The van der Waals surface area contributed by atoms with E-state index in [0.29, 0.717) is 27.8 Å². The van der Waals surface area contributed by atoms with Crippen LogP contribution in [0, 0.1) is 5.82 Å². The Morgan fingerprint density at radius 1 is 0.887 bits per heavy atom. The Morgan fingerprint density at radius 2 is 1.43 bits per heavy atom. The SMILES string of the molecule is CC(C)(C)OC(=O)NCCOS(C)(=O)=O.CNC(=O)c1c(-c2ccc(F)cc2)oc2cc(N(CCNC(=O)OC(C)(C)C)S(C)(=O)=O)c(C3CC3)cc12. The smallest absolute Gasteiger partial charge is 0.407 e. The molecule has 0 bridgehead atoms. The van der Waals surface area contributed by atoms with Gasteiger partial charge >= 0.3 is 12.2 Å². The third-order valence-electron chi connectivity index (χ3n) is 7.13. The summed E-state index contributed by atoms with van der Waals surface area (Å²) in [6.45, 7) is 10.4. The summed E-state index contributed by atoms with van der Waals surface area (Å²) in [5, 5.41) is 8.13. The number of halogens is 1.